The number of ether oxygens (including phenoxy) is 2. The number of esters is 1. The molecule has 7 heteroatoms. The lowest BCUT2D eigenvalue weighted by molar-refractivity contribution is -0.145. The number of nitrogens with zero attached hydrogens (tertiary/aromatic N) is 1. The van der Waals surface area contributed by atoms with Gasteiger partial charge in [0.2, 0.25) is 0 Å². The van der Waals surface area contributed by atoms with Crippen molar-refractivity contribution in [2.75, 3.05) is 18.2 Å². The van der Waals surface area contributed by atoms with Gasteiger partial charge in [0, 0.05) is 5.56 Å². The third-order valence-corrected chi connectivity index (χ3v) is 4.36. The minimum Gasteiger partial charge on any atom is -0.481 e. The summed E-state index contributed by atoms with van der Waals surface area (Å²) in [5.74, 6) is -1.08. The largest absolute Gasteiger partial charge is 0.481 e. The highest BCUT2D eigenvalue weighted by Gasteiger charge is 2.34. The van der Waals surface area contributed by atoms with Crippen LogP contribution in [0.3, 0.4) is 0 Å². The van der Waals surface area contributed by atoms with E-state index in [1.807, 2.05) is 19.1 Å². The highest BCUT2D eigenvalue weighted by molar-refractivity contribution is 6.31. The Hall–Kier alpha value is -3.61. The van der Waals surface area contributed by atoms with Crippen molar-refractivity contribution >= 4 is 29.5 Å². The number of hydrogen-bond acceptors (Lipinski definition) is 5. The van der Waals surface area contributed by atoms with Gasteiger partial charge in [0.25, 0.3) is 11.8 Å². The molecule has 1 aliphatic heterocycles. The van der Waals surface area contributed by atoms with Gasteiger partial charge in [-0.05, 0) is 43.2 Å². The van der Waals surface area contributed by atoms with Gasteiger partial charge < -0.3 is 9.47 Å². The van der Waals surface area contributed by atoms with Gasteiger partial charge in [-0.1, -0.05) is 37.3 Å². The Morgan fingerprint density at radius 3 is 2.48 bits per heavy atom. The Labute approximate surface area is 168 Å². The number of nitrogens with one attached hydrogen (secondary N) is 1. The Kier molecular flexibility index (Phi) is 6.29. The lowest BCUT2D eigenvalue weighted by Crippen LogP contribution is -2.35. The molecule has 0 spiro atoms. The average molecular weight is 394 g/mol. The molecule has 0 atom stereocenters. The zero-order valence-corrected chi connectivity index (χ0v) is 16.3. The van der Waals surface area contributed by atoms with Gasteiger partial charge in [0.05, 0.1) is 12.3 Å². The van der Waals surface area contributed by atoms with Crippen LogP contribution in [0.25, 0.3) is 6.08 Å². The van der Waals surface area contributed by atoms with Gasteiger partial charge in [-0.2, -0.15) is 0 Å². The Bertz CT molecular complexity index is 950. The number of hydrazine groups is 1. The van der Waals surface area contributed by atoms with Crippen LogP contribution in [0, 0.1) is 0 Å². The van der Waals surface area contributed by atoms with Crippen molar-refractivity contribution in [3.05, 3.63) is 65.2 Å². The van der Waals surface area contributed by atoms with Gasteiger partial charge in [0.1, 0.15) is 11.3 Å². The number of hydrogen-bond donors (Lipinski definition) is 1. The van der Waals surface area contributed by atoms with Gasteiger partial charge in [-0.3, -0.25) is 15.0 Å². The predicted octanol–water partition coefficient (Wildman–Crippen LogP) is 2.65. The van der Waals surface area contributed by atoms with Crippen molar-refractivity contribution < 1.29 is 23.9 Å². The monoisotopic (exact) mass is 394 g/mol. The normalized spacial score (nSPS) is 14.8. The number of benzene rings is 2. The third-order valence-electron chi connectivity index (χ3n) is 4.36. The van der Waals surface area contributed by atoms with Crippen LogP contribution in [0.1, 0.15) is 25.0 Å². The first-order valence-corrected chi connectivity index (χ1v) is 9.37. The van der Waals surface area contributed by atoms with E-state index in [2.05, 4.69) is 5.43 Å². The topological polar surface area (TPSA) is 84.9 Å². The summed E-state index contributed by atoms with van der Waals surface area (Å²) in [7, 11) is 0. The molecule has 1 N–H and O–H groups in total. The molecular formula is C22H22N2O5. The van der Waals surface area contributed by atoms with Crippen LogP contribution in [0.15, 0.2) is 54.1 Å². The van der Waals surface area contributed by atoms with Crippen LogP contribution < -0.4 is 15.2 Å². The fourth-order valence-corrected chi connectivity index (χ4v) is 2.85. The minimum atomic E-state index is -0.505. The second-order valence-corrected chi connectivity index (χ2v) is 6.29. The van der Waals surface area contributed by atoms with Crippen molar-refractivity contribution in [3.8, 4) is 5.75 Å². The second kappa shape index (κ2) is 9.05. The third kappa shape index (κ3) is 4.63. The maximum atomic E-state index is 12.8. The lowest BCUT2D eigenvalue weighted by Gasteiger charge is -2.14. The molecule has 2 aromatic carbocycles. The molecule has 2 amide bonds. The molecule has 29 heavy (non-hydrogen) atoms. The highest BCUT2D eigenvalue weighted by atomic mass is 16.6. The molecule has 2 aromatic rings. The average Bonchev–Trinajstić information content (AvgIpc) is 3.01. The molecular weight excluding hydrogens is 372 g/mol. The maximum Gasteiger partial charge on any atom is 0.344 e. The zero-order chi connectivity index (χ0) is 20.8. The van der Waals surface area contributed by atoms with Crippen LogP contribution in [-0.4, -0.2) is 31.0 Å². The Balaban J connectivity index is 1.82. The van der Waals surface area contributed by atoms with E-state index < -0.39 is 17.8 Å². The van der Waals surface area contributed by atoms with E-state index in [9.17, 15) is 14.4 Å². The van der Waals surface area contributed by atoms with Crippen LogP contribution in [-0.2, 0) is 25.5 Å². The molecule has 150 valence electrons. The van der Waals surface area contributed by atoms with E-state index in [0.29, 0.717) is 17.0 Å². The molecule has 7 nitrogen and oxygen atoms in total. The van der Waals surface area contributed by atoms with Crippen LogP contribution in [0.2, 0.25) is 0 Å². The number of rotatable bonds is 7. The first-order chi connectivity index (χ1) is 14.0. The van der Waals surface area contributed by atoms with E-state index in [1.165, 1.54) is 11.1 Å². The molecule has 1 fully saturated rings. The van der Waals surface area contributed by atoms with Crippen molar-refractivity contribution in [2.24, 2.45) is 0 Å². The van der Waals surface area contributed by atoms with Crippen LogP contribution in [0.4, 0.5) is 5.69 Å². The number of aryl methyl sites for hydroxylation is 1. The molecule has 0 saturated carbocycles. The number of carbonyl (C=O) groups is 3. The molecule has 0 unspecified atom stereocenters. The fourth-order valence-electron chi connectivity index (χ4n) is 2.85. The van der Waals surface area contributed by atoms with Crippen LogP contribution in [0.5, 0.6) is 5.75 Å². The first-order valence-electron chi connectivity index (χ1n) is 9.37. The van der Waals surface area contributed by atoms with Crippen molar-refractivity contribution in [3.63, 3.8) is 0 Å². The summed E-state index contributed by atoms with van der Waals surface area (Å²) >= 11 is 0. The smallest absolute Gasteiger partial charge is 0.344 e. The zero-order valence-electron chi connectivity index (χ0n) is 16.3. The summed E-state index contributed by atoms with van der Waals surface area (Å²) in [6, 6.07) is 14.2. The molecule has 0 aliphatic carbocycles. The molecule has 0 bridgehead atoms. The van der Waals surface area contributed by atoms with Gasteiger partial charge in [-0.15, -0.1) is 0 Å². The van der Waals surface area contributed by atoms with E-state index in [-0.39, 0.29) is 18.8 Å². The fraction of sp³-hybridized carbons (Fsp3) is 0.227. The van der Waals surface area contributed by atoms with E-state index in [0.717, 1.165) is 12.0 Å². The summed E-state index contributed by atoms with van der Waals surface area (Å²) in [5.41, 5.74) is 4.79. The molecule has 1 heterocycles. The predicted molar refractivity (Wildman–Crippen MR) is 108 cm³/mol. The number of carbonyl (C=O) groups excluding carboxylic acids is 3. The summed E-state index contributed by atoms with van der Waals surface area (Å²) in [6.07, 6.45) is 2.34. The summed E-state index contributed by atoms with van der Waals surface area (Å²) < 4.78 is 10.3. The van der Waals surface area contributed by atoms with Gasteiger partial charge >= 0.3 is 5.97 Å². The maximum absolute atomic E-state index is 12.8. The molecule has 1 aliphatic rings. The highest BCUT2D eigenvalue weighted by Crippen LogP contribution is 2.25. The second-order valence-electron chi connectivity index (χ2n) is 6.29. The Morgan fingerprint density at radius 1 is 1.07 bits per heavy atom. The summed E-state index contributed by atoms with van der Waals surface area (Å²) in [6.45, 7) is 3.75. The molecule has 3 rings (SSSR count). The molecule has 1 saturated heterocycles. The van der Waals surface area contributed by atoms with Crippen molar-refractivity contribution in [1.82, 2.24) is 5.43 Å². The minimum absolute atomic E-state index is 0.0169. The summed E-state index contributed by atoms with van der Waals surface area (Å²) in [4.78, 5) is 36.7. The van der Waals surface area contributed by atoms with Crippen LogP contribution >= 0.6 is 0 Å². The molecule has 0 radical (unpaired) electrons. The van der Waals surface area contributed by atoms with Gasteiger partial charge in [0.15, 0.2) is 6.61 Å². The van der Waals surface area contributed by atoms with Crippen molar-refractivity contribution in [2.45, 2.75) is 20.3 Å². The van der Waals surface area contributed by atoms with E-state index in [1.54, 1.807) is 43.3 Å². The standard InChI is InChI=1S/C22H22N2O5/c1-3-15-9-11-17(12-10-15)24-22(27)18(21(26)23-24)13-16-7-5-6-8-19(16)29-14-20(25)28-4-2/h5-13H,3-4,14H2,1-2H3,(H,23,26). The summed E-state index contributed by atoms with van der Waals surface area (Å²) in [5, 5.41) is 1.22. The Morgan fingerprint density at radius 2 is 1.79 bits per heavy atom. The van der Waals surface area contributed by atoms with E-state index in [4.69, 9.17) is 9.47 Å². The molecule has 0 aromatic heterocycles. The quantitative estimate of drug-likeness (QED) is 0.443. The van der Waals surface area contributed by atoms with E-state index >= 15 is 0 Å². The first kappa shape index (κ1) is 20.1. The SMILES string of the molecule is CCOC(=O)COc1ccccc1C=C1C(=O)NN(c2ccc(CC)cc2)C1=O. The number of para-hydroxylation sites is 1. The number of amides is 2. The van der Waals surface area contributed by atoms with Gasteiger partial charge in [-0.25, -0.2) is 9.80 Å². The van der Waals surface area contributed by atoms with Crippen molar-refractivity contribution in [1.29, 1.82) is 0 Å². The lowest BCUT2D eigenvalue weighted by atomic mass is 10.1. The number of anilines is 1.